The zero-order chi connectivity index (χ0) is 18.4. The zero-order valence-corrected chi connectivity index (χ0v) is 15.3. The van der Waals surface area contributed by atoms with Crippen LogP contribution in [0.5, 0.6) is 0 Å². The van der Waals surface area contributed by atoms with Crippen LogP contribution in [-0.2, 0) is 11.3 Å². The first-order valence-corrected chi connectivity index (χ1v) is 9.25. The summed E-state index contributed by atoms with van der Waals surface area (Å²) in [7, 11) is 0. The van der Waals surface area contributed by atoms with Crippen LogP contribution in [0.1, 0.15) is 33.8 Å². The number of urea groups is 1. The first-order valence-electron chi connectivity index (χ1n) is 8.44. The molecule has 0 aliphatic carbocycles. The van der Waals surface area contributed by atoms with E-state index in [1.807, 2.05) is 13.0 Å². The molecule has 1 saturated heterocycles. The lowest BCUT2D eigenvalue weighted by molar-refractivity contribution is 0.0857. The normalized spacial score (nSPS) is 16.3. The minimum absolute atomic E-state index is 0.108. The van der Waals surface area contributed by atoms with Crippen molar-refractivity contribution in [1.29, 1.82) is 0 Å². The predicted molar refractivity (Wildman–Crippen MR) is 98.3 cm³/mol. The van der Waals surface area contributed by atoms with Gasteiger partial charge in [0.25, 0.3) is 5.91 Å². The van der Waals surface area contributed by atoms with E-state index in [1.54, 1.807) is 18.2 Å². The summed E-state index contributed by atoms with van der Waals surface area (Å²) in [5.41, 5.74) is 1.39. The molecule has 1 fully saturated rings. The van der Waals surface area contributed by atoms with Crippen molar-refractivity contribution in [3.05, 3.63) is 40.4 Å². The molecule has 0 bridgehead atoms. The third-order valence-electron chi connectivity index (χ3n) is 3.90. The maximum atomic E-state index is 12.3. The lowest BCUT2D eigenvalue weighted by Gasteiger charge is -2.11. The van der Waals surface area contributed by atoms with Crippen LogP contribution < -0.4 is 16.0 Å². The fourth-order valence-corrected chi connectivity index (χ4v) is 3.19. The summed E-state index contributed by atoms with van der Waals surface area (Å²) < 4.78 is 5.50. The number of carbonyl (C=O) groups is 2. The number of hydrogen-bond acceptors (Lipinski definition) is 6. The second kappa shape index (κ2) is 8.72. The van der Waals surface area contributed by atoms with E-state index in [-0.39, 0.29) is 18.0 Å². The molecule has 0 radical (unpaired) electrons. The fourth-order valence-electron chi connectivity index (χ4n) is 2.61. The highest BCUT2D eigenvalue weighted by Gasteiger charge is 2.16. The molecule has 0 saturated carbocycles. The average molecular weight is 375 g/mol. The van der Waals surface area contributed by atoms with Gasteiger partial charge in [0.1, 0.15) is 5.01 Å². The lowest BCUT2D eigenvalue weighted by Crippen LogP contribution is -2.32. The van der Waals surface area contributed by atoms with E-state index in [1.165, 1.54) is 11.3 Å². The van der Waals surface area contributed by atoms with Gasteiger partial charge in [0, 0.05) is 25.3 Å². The van der Waals surface area contributed by atoms with E-state index in [0.717, 1.165) is 30.0 Å². The van der Waals surface area contributed by atoms with Gasteiger partial charge in [0.2, 0.25) is 5.13 Å². The number of aromatic nitrogens is 2. The molecule has 2 aromatic rings. The molecule has 26 heavy (non-hydrogen) atoms. The van der Waals surface area contributed by atoms with E-state index in [9.17, 15) is 9.59 Å². The van der Waals surface area contributed by atoms with Crippen molar-refractivity contribution in [2.75, 3.05) is 18.5 Å². The third kappa shape index (κ3) is 5.24. The summed E-state index contributed by atoms with van der Waals surface area (Å²) in [6.07, 6.45) is 2.13. The summed E-state index contributed by atoms with van der Waals surface area (Å²) in [5.74, 6) is -0.142. The van der Waals surface area contributed by atoms with E-state index in [4.69, 9.17) is 4.74 Å². The van der Waals surface area contributed by atoms with Crippen molar-refractivity contribution < 1.29 is 14.3 Å². The van der Waals surface area contributed by atoms with Crippen LogP contribution >= 0.6 is 11.3 Å². The molecule has 3 amide bonds. The summed E-state index contributed by atoms with van der Waals surface area (Å²) in [4.78, 5) is 24.1. The molecule has 3 rings (SSSR count). The lowest BCUT2D eigenvalue weighted by atomic mass is 10.1. The second-order valence-electron chi connectivity index (χ2n) is 5.98. The van der Waals surface area contributed by atoms with Gasteiger partial charge >= 0.3 is 6.03 Å². The van der Waals surface area contributed by atoms with Crippen LogP contribution in [0.25, 0.3) is 0 Å². The van der Waals surface area contributed by atoms with E-state index < -0.39 is 0 Å². The molecule has 3 N–H and O–H groups in total. The minimum Gasteiger partial charge on any atom is -0.376 e. The smallest absolute Gasteiger partial charge is 0.321 e. The Morgan fingerprint density at radius 3 is 2.92 bits per heavy atom. The van der Waals surface area contributed by atoms with Gasteiger partial charge < -0.3 is 15.4 Å². The number of hydrogen-bond donors (Lipinski definition) is 3. The van der Waals surface area contributed by atoms with Gasteiger partial charge in [-0.15, -0.1) is 10.2 Å². The number of aryl methyl sites for hydroxylation is 1. The molecule has 2 heterocycles. The Balaban J connectivity index is 1.48. The van der Waals surface area contributed by atoms with Crippen LogP contribution in [0, 0.1) is 6.92 Å². The van der Waals surface area contributed by atoms with Crippen LogP contribution in [0.15, 0.2) is 24.3 Å². The number of anilines is 1. The van der Waals surface area contributed by atoms with Gasteiger partial charge in [-0.3, -0.25) is 10.1 Å². The van der Waals surface area contributed by atoms with Crippen molar-refractivity contribution >= 4 is 28.4 Å². The van der Waals surface area contributed by atoms with Crippen molar-refractivity contribution in [3.8, 4) is 0 Å². The molecular formula is C17H21N5O3S. The van der Waals surface area contributed by atoms with Gasteiger partial charge in [-0.2, -0.15) is 0 Å². The average Bonchev–Trinajstić information content (AvgIpc) is 3.30. The molecule has 1 aliphatic rings. The molecule has 1 aromatic heterocycles. The summed E-state index contributed by atoms with van der Waals surface area (Å²) in [6.45, 7) is 3.40. The van der Waals surface area contributed by atoms with Crippen molar-refractivity contribution in [1.82, 2.24) is 20.8 Å². The molecule has 1 unspecified atom stereocenters. The van der Waals surface area contributed by atoms with Gasteiger partial charge in [-0.1, -0.05) is 23.5 Å². The quantitative estimate of drug-likeness (QED) is 0.717. The maximum Gasteiger partial charge on any atom is 0.321 e. The molecule has 1 aromatic carbocycles. The molecule has 0 spiro atoms. The van der Waals surface area contributed by atoms with Crippen LogP contribution in [0.4, 0.5) is 9.93 Å². The van der Waals surface area contributed by atoms with E-state index >= 15 is 0 Å². The Kier molecular flexibility index (Phi) is 6.13. The SMILES string of the molecule is Cc1nnc(NC(=O)NCc2cccc(C(=O)NCC3CCCO3)c2)s1. The number of nitrogens with one attached hydrogen (secondary N) is 3. The van der Waals surface area contributed by atoms with Gasteiger partial charge in [0.05, 0.1) is 6.10 Å². The van der Waals surface area contributed by atoms with Crippen LogP contribution in [0.3, 0.4) is 0 Å². The first-order chi connectivity index (χ1) is 12.6. The van der Waals surface area contributed by atoms with E-state index in [0.29, 0.717) is 23.8 Å². The maximum absolute atomic E-state index is 12.3. The predicted octanol–water partition coefficient (Wildman–Crippen LogP) is 2.08. The molecule has 9 heteroatoms. The highest BCUT2D eigenvalue weighted by molar-refractivity contribution is 7.15. The number of amides is 3. The zero-order valence-electron chi connectivity index (χ0n) is 14.4. The Labute approximate surface area is 155 Å². The number of nitrogens with zero attached hydrogens (tertiary/aromatic N) is 2. The monoisotopic (exact) mass is 375 g/mol. The standard InChI is InChI=1S/C17H21N5O3S/c1-11-21-22-17(26-11)20-16(24)19-9-12-4-2-5-13(8-12)15(23)18-10-14-6-3-7-25-14/h2,4-5,8,14H,3,6-7,9-10H2,1H3,(H,18,23)(H2,19,20,22,24). The first kappa shape index (κ1) is 18.3. The highest BCUT2D eigenvalue weighted by atomic mass is 32.1. The Morgan fingerprint density at radius 1 is 1.31 bits per heavy atom. The molecule has 1 atom stereocenters. The largest absolute Gasteiger partial charge is 0.376 e. The highest BCUT2D eigenvalue weighted by Crippen LogP contribution is 2.13. The fraction of sp³-hybridized carbons (Fsp3) is 0.412. The molecule has 138 valence electrons. The number of ether oxygens (including phenoxy) is 1. The topological polar surface area (TPSA) is 105 Å². The Hall–Kier alpha value is -2.52. The second-order valence-corrected chi connectivity index (χ2v) is 7.16. The molecule has 8 nitrogen and oxygen atoms in total. The van der Waals surface area contributed by atoms with Gasteiger partial charge in [-0.25, -0.2) is 4.79 Å². The van der Waals surface area contributed by atoms with E-state index in [2.05, 4.69) is 26.1 Å². The van der Waals surface area contributed by atoms with Crippen molar-refractivity contribution in [2.45, 2.75) is 32.4 Å². The summed E-state index contributed by atoms with van der Waals surface area (Å²) in [5, 5.41) is 17.1. The van der Waals surface area contributed by atoms with Crippen LogP contribution in [0.2, 0.25) is 0 Å². The number of rotatable bonds is 6. The van der Waals surface area contributed by atoms with Crippen molar-refractivity contribution in [3.63, 3.8) is 0 Å². The summed E-state index contributed by atoms with van der Waals surface area (Å²) >= 11 is 1.30. The van der Waals surface area contributed by atoms with Crippen LogP contribution in [-0.4, -0.2) is 41.4 Å². The molecule has 1 aliphatic heterocycles. The third-order valence-corrected chi connectivity index (χ3v) is 4.66. The van der Waals surface area contributed by atoms with Gasteiger partial charge in [0.15, 0.2) is 0 Å². The minimum atomic E-state index is -0.366. The van der Waals surface area contributed by atoms with Crippen molar-refractivity contribution in [2.24, 2.45) is 0 Å². The Morgan fingerprint density at radius 2 is 2.19 bits per heavy atom. The summed E-state index contributed by atoms with van der Waals surface area (Å²) in [6, 6.07) is 6.80. The number of benzene rings is 1. The number of carbonyl (C=O) groups excluding carboxylic acids is 2. The Bertz CT molecular complexity index is 773. The van der Waals surface area contributed by atoms with Gasteiger partial charge in [-0.05, 0) is 37.5 Å². The molecular weight excluding hydrogens is 354 g/mol.